The predicted molar refractivity (Wildman–Crippen MR) is 86.7 cm³/mol. The molecule has 3 rings (SSSR count). The third-order valence-corrected chi connectivity index (χ3v) is 3.80. The van der Waals surface area contributed by atoms with Gasteiger partial charge in [0.1, 0.15) is 0 Å². The summed E-state index contributed by atoms with van der Waals surface area (Å²) in [6, 6.07) is 18.9. The van der Waals surface area contributed by atoms with Crippen molar-refractivity contribution < 1.29 is 0 Å². The zero-order chi connectivity index (χ0) is 14.7. The molecule has 0 aliphatic heterocycles. The summed E-state index contributed by atoms with van der Waals surface area (Å²) in [7, 11) is 0. The Hall–Kier alpha value is -2.23. The topological polar surface area (TPSA) is 50.9 Å². The smallest absolute Gasteiger partial charge is 0.0750 e. The largest absolute Gasteiger partial charge is 0.271 e. The quantitative estimate of drug-likeness (QED) is 0.568. The summed E-state index contributed by atoms with van der Waals surface area (Å²) < 4.78 is 0. The number of nitrogens with one attached hydrogen (secondary N) is 1. The van der Waals surface area contributed by atoms with Gasteiger partial charge in [-0.15, -0.1) is 0 Å². The van der Waals surface area contributed by atoms with Crippen LogP contribution in [0, 0.1) is 6.92 Å². The lowest BCUT2D eigenvalue weighted by Crippen LogP contribution is -2.29. The van der Waals surface area contributed by atoms with Gasteiger partial charge in [0, 0.05) is 11.6 Å². The molecule has 3 aromatic rings. The van der Waals surface area contributed by atoms with Crippen LogP contribution in [0.25, 0.3) is 10.9 Å². The van der Waals surface area contributed by atoms with Gasteiger partial charge >= 0.3 is 0 Å². The molecule has 1 aromatic heterocycles. The Balaban J connectivity index is 1.96. The van der Waals surface area contributed by atoms with Gasteiger partial charge in [-0.25, -0.2) is 0 Å². The monoisotopic (exact) mass is 277 g/mol. The number of nitrogens with zero attached hydrogens (tertiary/aromatic N) is 1. The highest BCUT2D eigenvalue weighted by molar-refractivity contribution is 5.82. The van der Waals surface area contributed by atoms with Gasteiger partial charge in [0.25, 0.3) is 0 Å². The van der Waals surface area contributed by atoms with Crippen LogP contribution < -0.4 is 11.3 Å². The van der Waals surface area contributed by atoms with E-state index in [0.717, 1.165) is 22.9 Å². The molecule has 1 heterocycles. The van der Waals surface area contributed by atoms with Crippen molar-refractivity contribution in [2.45, 2.75) is 19.4 Å². The minimum atomic E-state index is 0.0475. The normalized spacial score (nSPS) is 12.5. The number of hydrazine groups is 1. The zero-order valence-corrected chi connectivity index (χ0v) is 12.1. The Morgan fingerprint density at radius 3 is 2.57 bits per heavy atom. The number of aryl methyl sites for hydroxylation is 1. The Morgan fingerprint density at radius 1 is 1.05 bits per heavy atom. The van der Waals surface area contributed by atoms with Crippen molar-refractivity contribution in [3.05, 3.63) is 77.5 Å². The molecule has 0 saturated carbocycles. The van der Waals surface area contributed by atoms with Gasteiger partial charge in [0.05, 0.1) is 11.6 Å². The van der Waals surface area contributed by atoms with Crippen LogP contribution in [-0.2, 0) is 6.42 Å². The molecule has 21 heavy (non-hydrogen) atoms. The Bertz CT molecular complexity index is 730. The molecule has 1 atom stereocenters. The average molecular weight is 277 g/mol. The van der Waals surface area contributed by atoms with E-state index in [1.807, 2.05) is 12.3 Å². The lowest BCUT2D eigenvalue weighted by atomic mass is 9.96. The van der Waals surface area contributed by atoms with E-state index >= 15 is 0 Å². The lowest BCUT2D eigenvalue weighted by molar-refractivity contribution is 0.555. The molecule has 2 aromatic carbocycles. The zero-order valence-electron chi connectivity index (χ0n) is 12.1. The fraction of sp³-hybridized carbons (Fsp3) is 0.167. The summed E-state index contributed by atoms with van der Waals surface area (Å²) in [5.74, 6) is 5.80. The molecule has 1 unspecified atom stereocenters. The van der Waals surface area contributed by atoms with Crippen molar-refractivity contribution in [1.82, 2.24) is 10.4 Å². The maximum absolute atomic E-state index is 5.80. The van der Waals surface area contributed by atoms with Gasteiger partial charge in [-0.2, -0.15) is 0 Å². The third kappa shape index (κ3) is 2.94. The first-order valence-corrected chi connectivity index (χ1v) is 7.13. The van der Waals surface area contributed by atoms with Crippen molar-refractivity contribution in [2.75, 3.05) is 0 Å². The Morgan fingerprint density at radius 2 is 1.81 bits per heavy atom. The van der Waals surface area contributed by atoms with Crippen LogP contribution in [0.5, 0.6) is 0 Å². The van der Waals surface area contributed by atoms with Crippen LogP contribution >= 0.6 is 0 Å². The van der Waals surface area contributed by atoms with E-state index in [9.17, 15) is 0 Å². The van der Waals surface area contributed by atoms with Crippen molar-refractivity contribution in [3.8, 4) is 0 Å². The van der Waals surface area contributed by atoms with E-state index in [1.165, 1.54) is 11.1 Å². The standard InChI is InChI=1S/C18H19N3/c1-13-7-9-14(10-8-13)12-17(21-19)16-6-2-4-15-5-3-11-20-18(15)16/h2-11,17,21H,12,19H2,1H3. The number of aromatic nitrogens is 1. The molecule has 0 saturated heterocycles. The molecule has 0 spiro atoms. The molecule has 106 valence electrons. The lowest BCUT2D eigenvalue weighted by Gasteiger charge is -2.18. The number of rotatable bonds is 4. The Kier molecular flexibility index (Phi) is 3.95. The van der Waals surface area contributed by atoms with Gasteiger partial charge < -0.3 is 0 Å². The molecular formula is C18H19N3. The average Bonchev–Trinajstić information content (AvgIpc) is 2.54. The summed E-state index contributed by atoms with van der Waals surface area (Å²) in [6.45, 7) is 2.09. The summed E-state index contributed by atoms with van der Waals surface area (Å²) in [4.78, 5) is 4.51. The predicted octanol–water partition coefficient (Wildman–Crippen LogP) is 3.29. The first-order valence-electron chi connectivity index (χ1n) is 7.13. The third-order valence-electron chi connectivity index (χ3n) is 3.80. The fourth-order valence-electron chi connectivity index (χ4n) is 2.63. The molecule has 0 amide bonds. The van der Waals surface area contributed by atoms with Crippen molar-refractivity contribution in [1.29, 1.82) is 0 Å². The summed E-state index contributed by atoms with van der Waals surface area (Å²) >= 11 is 0. The molecule has 0 radical (unpaired) electrons. The van der Waals surface area contributed by atoms with Crippen molar-refractivity contribution >= 4 is 10.9 Å². The van der Waals surface area contributed by atoms with E-state index in [-0.39, 0.29) is 6.04 Å². The van der Waals surface area contributed by atoms with E-state index in [4.69, 9.17) is 5.84 Å². The number of fused-ring (bicyclic) bond motifs is 1. The molecule has 0 aliphatic carbocycles. The molecule has 3 nitrogen and oxygen atoms in total. The molecule has 3 N–H and O–H groups in total. The molecule has 0 fully saturated rings. The van der Waals surface area contributed by atoms with Crippen molar-refractivity contribution in [2.24, 2.45) is 5.84 Å². The van der Waals surface area contributed by atoms with Crippen LogP contribution in [0.3, 0.4) is 0 Å². The van der Waals surface area contributed by atoms with E-state index in [1.54, 1.807) is 0 Å². The van der Waals surface area contributed by atoms with Gasteiger partial charge in [-0.3, -0.25) is 16.3 Å². The number of para-hydroxylation sites is 1. The summed E-state index contributed by atoms with van der Waals surface area (Å²) in [6.07, 6.45) is 2.66. The number of hydrogen-bond acceptors (Lipinski definition) is 3. The van der Waals surface area contributed by atoms with E-state index in [2.05, 4.69) is 65.9 Å². The highest BCUT2D eigenvalue weighted by Gasteiger charge is 2.14. The van der Waals surface area contributed by atoms with Crippen molar-refractivity contribution in [3.63, 3.8) is 0 Å². The molecular weight excluding hydrogens is 258 g/mol. The SMILES string of the molecule is Cc1ccc(CC(NN)c2cccc3cccnc23)cc1. The molecule has 0 aliphatic rings. The van der Waals surface area contributed by atoms with E-state index < -0.39 is 0 Å². The summed E-state index contributed by atoms with van der Waals surface area (Å²) in [5, 5.41) is 1.14. The van der Waals surface area contributed by atoms with E-state index in [0.29, 0.717) is 0 Å². The van der Waals surface area contributed by atoms with Crippen LogP contribution in [0.2, 0.25) is 0 Å². The second kappa shape index (κ2) is 6.04. The maximum atomic E-state index is 5.80. The number of hydrogen-bond donors (Lipinski definition) is 2. The van der Waals surface area contributed by atoms with Gasteiger partial charge in [-0.1, -0.05) is 54.1 Å². The molecule has 3 heteroatoms. The number of nitrogens with two attached hydrogens (primary N) is 1. The highest BCUT2D eigenvalue weighted by atomic mass is 15.2. The van der Waals surface area contributed by atoms with Crippen LogP contribution in [0.15, 0.2) is 60.8 Å². The maximum Gasteiger partial charge on any atom is 0.0750 e. The number of benzene rings is 2. The van der Waals surface area contributed by atoms with Crippen LogP contribution in [-0.4, -0.2) is 4.98 Å². The number of pyridine rings is 1. The minimum absolute atomic E-state index is 0.0475. The first kappa shape index (κ1) is 13.7. The molecule has 0 bridgehead atoms. The second-order valence-electron chi connectivity index (χ2n) is 5.33. The minimum Gasteiger partial charge on any atom is -0.271 e. The summed E-state index contributed by atoms with van der Waals surface area (Å²) in [5.41, 5.74) is 7.61. The van der Waals surface area contributed by atoms with Crippen LogP contribution in [0.4, 0.5) is 0 Å². The highest BCUT2D eigenvalue weighted by Crippen LogP contribution is 2.24. The Labute approximate surface area is 124 Å². The van der Waals surface area contributed by atoms with Gasteiger partial charge in [0.15, 0.2) is 0 Å². The van der Waals surface area contributed by atoms with Gasteiger partial charge in [0.2, 0.25) is 0 Å². The van der Waals surface area contributed by atoms with Crippen LogP contribution in [0.1, 0.15) is 22.7 Å². The first-order chi connectivity index (χ1) is 10.3. The van der Waals surface area contributed by atoms with Gasteiger partial charge in [-0.05, 0) is 30.5 Å². The second-order valence-corrected chi connectivity index (χ2v) is 5.33. The fourth-order valence-corrected chi connectivity index (χ4v) is 2.63.